The number of nitrogens with two attached hydrogens (primary N) is 2. The summed E-state index contributed by atoms with van der Waals surface area (Å²) in [6, 6.07) is 2.16. The molecule has 0 bridgehead atoms. The van der Waals surface area contributed by atoms with Gasteiger partial charge in [0.1, 0.15) is 0 Å². The molecule has 0 aliphatic rings. The maximum absolute atomic E-state index is 5.36. The average molecular weight is 311 g/mol. The highest BCUT2D eigenvalue weighted by Crippen LogP contribution is 2.13. The Balaban J connectivity index is 0. The van der Waals surface area contributed by atoms with Gasteiger partial charge in [-0.3, -0.25) is 0 Å². The van der Waals surface area contributed by atoms with Crippen LogP contribution in [0.4, 0.5) is 0 Å². The SMILES string of the molecule is CO[Si](CCCN)(OC)OC.C[Si](C)(C)CCCN. The highest BCUT2D eigenvalue weighted by Gasteiger charge is 2.36. The van der Waals surface area contributed by atoms with Crippen LogP contribution in [0.5, 0.6) is 0 Å². The third-order valence-electron chi connectivity index (χ3n) is 2.75. The van der Waals surface area contributed by atoms with Crippen molar-refractivity contribution in [3.05, 3.63) is 0 Å². The average Bonchev–Trinajstić information content (AvgIpc) is 2.39. The molecular weight excluding hydrogens is 276 g/mol. The van der Waals surface area contributed by atoms with Crippen molar-refractivity contribution < 1.29 is 13.3 Å². The smallest absolute Gasteiger partial charge is 0.377 e. The molecule has 0 aromatic rings. The monoisotopic (exact) mass is 310 g/mol. The lowest BCUT2D eigenvalue weighted by molar-refractivity contribution is 0.123. The van der Waals surface area contributed by atoms with Gasteiger partial charge in [0.2, 0.25) is 0 Å². The fourth-order valence-electron chi connectivity index (χ4n) is 1.51. The van der Waals surface area contributed by atoms with E-state index in [1.165, 1.54) is 12.5 Å². The van der Waals surface area contributed by atoms with E-state index in [9.17, 15) is 0 Å². The zero-order chi connectivity index (χ0) is 15.4. The van der Waals surface area contributed by atoms with Gasteiger partial charge in [0.15, 0.2) is 0 Å². The quantitative estimate of drug-likeness (QED) is 0.636. The summed E-state index contributed by atoms with van der Waals surface area (Å²) in [5.74, 6) is 0. The number of hydrogen-bond acceptors (Lipinski definition) is 5. The van der Waals surface area contributed by atoms with Gasteiger partial charge in [-0.25, -0.2) is 0 Å². The van der Waals surface area contributed by atoms with Gasteiger partial charge in [0.05, 0.1) is 0 Å². The molecule has 0 saturated carbocycles. The molecule has 0 unspecified atom stereocenters. The summed E-state index contributed by atoms with van der Waals surface area (Å²) in [6.07, 6.45) is 2.09. The van der Waals surface area contributed by atoms with Gasteiger partial charge in [0.25, 0.3) is 0 Å². The lowest BCUT2D eigenvalue weighted by Gasteiger charge is -2.23. The molecule has 0 fully saturated rings. The lowest BCUT2D eigenvalue weighted by atomic mass is 10.5. The van der Waals surface area contributed by atoms with E-state index in [-0.39, 0.29) is 0 Å². The van der Waals surface area contributed by atoms with E-state index in [0.29, 0.717) is 6.54 Å². The predicted octanol–water partition coefficient (Wildman–Crippen LogP) is 1.89. The highest BCUT2D eigenvalue weighted by atomic mass is 28.4. The van der Waals surface area contributed by atoms with Crippen molar-refractivity contribution in [1.82, 2.24) is 0 Å². The van der Waals surface area contributed by atoms with E-state index in [1.54, 1.807) is 21.3 Å². The van der Waals surface area contributed by atoms with Crippen molar-refractivity contribution in [3.8, 4) is 0 Å². The summed E-state index contributed by atoms with van der Waals surface area (Å²) in [5, 5.41) is 0. The van der Waals surface area contributed by atoms with Crippen LogP contribution in [-0.2, 0) is 13.3 Å². The Labute approximate surface area is 121 Å². The van der Waals surface area contributed by atoms with E-state index in [4.69, 9.17) is 24.7 Å². The van der Waals surface area contributed by atoms with Crippen LogP contribution >= 0.6 is 0 Å². The van der Waals surface area contributed by atoms with Crippen molar-refractivity contribution >= 4 is 16.9 Å². The predicted molar refractivity (Wildman–Crippen MR) is 87.1 cm³/mol. The summed E-state index contributed by atoms with van der Waals surface area (Å²) in [5.41, 5.74) is 10.7. The van der Waals surface area contributed by atoms with Crippen molar-refractivity contribution in [2.75, 3.05) is 34.4 Å². The van der Waals surface area contributed by atoms with E-state index in [2.05, 4.69) is 19.6 Å². The molecule has 0 saturated heterocycles. The van der Waals surface area contributed by atoms with Gasteiger partial charge in [-0.05, 0) is 25.9 Å². The minimum absolute atomic E-state index is 0.644. The summed E-state index contributed by atoms with van der Waals surface area (Å²) >= 11 is 0. The Bertz CT molecular complexity index is 190. The minimum Gasteiger partial charge on any atom is -0.377 e. The number of rotatable bonds is 9. The second kappa shape index (κ2) is 12.0. The molecule has 19 heavy (non-hydrogen) atoms. The first-order valence-electron chi connectivity index (χ1n) is 6.86. The summed E-state index contributed by atoms with van der Waals surface area (Å²) in [6.45, 7) is 8.64. The standard InChI is InChI=1S/C6H17NO3Si.C6H17NSi/c1-8-11(9-2,10-3)6-4-5-7;1-8(2,3)6-4-5-7/h4-7H2,1-3H3;4-7H2,1-3H3. The largest absolute Gasteiger partial charge is 0.500 e. The first-order valence-corrected chi connectivity index (χ1v) is 12.5. The van der Waals surface area contributed by atoms with Crippen LogP contribution in [0.1, 0.15) is 12.8 Å². The normalized spacial score (nSPS) is 12.0. The molecule has 0 aliphatic heterocycles. The Kier molecular flexibility index (Phi) is 13.6. The Morgan fingerprint density at radius 2 is 1.11 bits per heavy atom. The van der Waals surface area contributed by atoms with E-state index >= 15 is 0 Å². The summed E-state index contributed by atoms with van der Waals surface area (Å²) in [4.78, 5) is 0. The Morgan fingerprint density at radius 1 is 0.737 bits per heavy atom. The van der Waals surface area contributed by atoms with Gasteiger partial charge in [-0.15, -0.1) is 0 Å². The van der Waals surface area contributed by atoms with Crippen molar-refractivity contribution in [2.24, 2.45) is 11.5 Å². The second-order valence-corrected chi connectivity index (χ2v) is 14.4. The van der Waals surface area contributed by atoms with E-state index < -0.39 is 16.9 Å². The van der Waals surface area contributed by atoms with Gasteiger partial charge in [-0.2, -0.15) is 0 Å². The minimum atomic E-state index is -2.32. The Morgan fingerprint density at radius 3 is 1.32 bits per heavy atom. The van der Waals surface area contributed by atoms with Crippen molar-refractivity contribution in [1.29, 1.82) is 0 Å². The Hall–Kier alpha value is 0.234. The molecular formula is C12H34N2O3Si2. The van der Waals surface area contributed by atoms with Crippen LogP contribution in [-0.4, -0.2) is 51.3 Å². The third-order valence-corrected chi connectivity index (χ3v) is 7.44. The van der Waals surface area contributed by atoms with Crippen LogP contribution in [0, 0.1) is 0 Å². The summed E-state index contributed by atoms with van der Waals surface area (Å²) in [7, 11) is 1.74. The lowest BCUT2D eigenvalue weighted by Crippen LogP contribution is -2.42. The molecule has 5 nitrogen and oxygen atoms in total. The first-order chi connectivity index (χ1) is 8.80. The van der Waals surface area contributed by atoms with Crippen LogP contribution in [0.3, 0.4) is 0 Å². The molecule has 0 atom stereocenters. The molecule has 0 radical (unpaired) electrons. The molecule has 0 heterocycles. The third kappa shape index (κ3) is 13.0. The summed E-state index contributed by atoms with van der Waals surface area (Å²) < 4.78 is 15.5. The van der Waals surface area contributed by atoms with Gasteiger partial charge in [0, 0.05) is 35.4 Å². The van der Waals surface area contributed by atoms with E-state index in [0.717, 1.165) is 19.0 Å². The van der Waals surface area contributed by atoms with Gasteiger partial charge in [-0.1, -0.05) is 25.7 Å². The fourth-order valence-corrected chi connectivity index (χ4v) is 4.52. The molecule has 0 aromatic heterocycles. The molecule has 0 aliphatic carbocycles. The topological polar surface area (TPSA) is 79.7 Å². The zero-order valence-corrected chi connectivity index (χ0v) is 15.6. The van der Waals surface area contributed by atoms with Crippen LogP contribution in [0.25, 0.3) is 0 Å². The molecule has 118 valence electrons. The molecule has 4 N–H and O–H groups in total. The molecule has 0 amide bonds. The number of hydrogen-bond donors (Lipinski definition) is 2. The van der Waals surface area contributed by atoms with Gasteiger partial charge >= 0.3 is 8.80 Å². The molecule has 0 spiro atoms. The molecule has 7 heteroatoms. The van der Waals surface area contributed by atoms with Crippen LogP contribution < -0.4 is 11.5 Å². The first kappa shape index (κ1) is 21.5. The van der Waals surface area contributed by atoms with Gasteiger partial charge < -0.3 is 24.7 Å². The van der Waals surface area contributed by atoms with Crippen LogP contribution in [0.15, 0.2) is 0 Å². The molecule has 0 rings (SSSR count). The zero-order valence-electron chi connectivity index (χ0n) is 13.6. The maximum atomic E-state index is 5.36. The van der Waals surface area contributed by atoms with Crippen molar-refractivity contribution in [2.45, 2.75) is 44.6 Å². The fraction of sp³-hybridized carbons (Fsp3) is 1.00. The maximum Gasteiger partial charge on any atom is 0.500 e. The molecule has 0 aromatic carbocycles. The highest BCUT2D eigenvalue weighted by molar-refractivity contribution is 6.76. The van der Waals surface area contributed by atoms with Crippen molar-refractivity contribution in [3.63, 3.8) is 0 Å². The van der Waals surface area contributed by atoms with E-state index in [1.807, 2.05) is 0 Å². The van der Waals surface area contributed by atoms with Crippen LogP contribution in [0.2, 0.25) is 31.7 Å². The second-order valence-electron chi connectivity index (χ2n) is 5.64.